The number of carbonyl (C=O) groups is 1. The molecule has 0 aliphatic heterocycles. The molecule has 3 aromatic heterocycles. The number of aromatic nitrogens is 5. The third-order valence-corrected chi connectivity index (χ3v) is 7.25. The molecule has 35 heavy (non-hydrogen) atoms. The number of rotatable bonds is 8. The molecular formula is C25H19ClN6OS2. The summed E-state index contributed by atoms with van der Waals surface area (Å²) in [5.74, 6) is 1.05. The van der Waals surface area contributed by atoms with Crippen molar-refractivity contribution in [2.45, 2.75) is 17.5 Å². The number of carbonyl (C=O) groups excluding carboxylic acids is 1. The third kappa shape index (κ3) is 5.59. The summed E-state index contributed by atoms with van der Waals surface area (Å²) in [6, 6.07) is 21.1. The van der Waals surface area contributed by atoms with E-state index < -0.39 is 0 Å². The van der Waals surface area contributed by atoms with Crippen molar-refractivity contribution in [1.29, 1.82) is 0 Å². The van der Waals surface area contributed by atoms with E-state index in [1.54, 1.807) is 17.8 Å². The highest BCUT2D eigenvalue weighted by Crippen LogP contribution is 2.31. The molecule has 0 aliphatic carbocycles. The average Bonchev–Trinajstić information content (AvgIpc) is 3.55. The average molecular weight is 519 g/mol. The number of benzene rings is 2. The van der Waals surface area contributed by atoms with Gasteiger partial charge in [0.05, 0.1) is 11.4 Å². The molecular weight excluding hydrogens is 500 g/mol. The van der Waals surface area contributed by atoms with E-state index in [0.29, 0.717) is 34.0 Å². The van der Waals surface area contributed by atoms with Crippen LogP contribution >= 0.6 is 34.7 Å². The van der Waals surface area contributed by atoms with Crippen LogP contribution in [0.2, 0.25) is 5.02 Å². The van der Waals surface area contributed by atoms with Crippen molar-refractivity contribution in [3.8, 4) is 17.1 Å². The van der Waals surface area contributed by atoms with Gasteiger partial charge in [0.25, 0.3) is 5.91 Å². The molecule has 0 saturated carbocycles. The van der Waals surface area contributed by atoms with E-state index in [2.05, 4.69) is 25.5 Å². The number of hydrogen-bond donors (Lipinski definition) is 1. The molecule has 5 rings (SSSR count). The monoisotopic (exact) mass is 518 g/mol. The number of halogens is 1. The highest BCUT2D eigenvalue weighted by molar-refractivity contribution is 7.98. The lowest BCUT2D eigenvalue weighted by Crippen LogP contribution is -2.23. The summed E-state index contributed by atoms with van der Waals surface area (Å²) in [6.45, 7) is 0.460. The molecule has 0 radical (unpaired) electrons. The molecule has 7 nitrogen and oxygen atoms in total. The maximum Gasteiger partial charge on any atom is 0.271 e. The molecule has 0 aliphatic rings. The van der Waals surface area contributed by atoms with Crippen molar-refractivity contribution in [1.82, 2.24) is 30.0 Å². The van der Waals surface area contributed by atoms with Crippen molar-refractivity contribution < 1.29 is 4.79 Å². The number of hydrogen-bond acceptors (Lipinski definition) is 7. The number of nitrogens with one attached hydrogen (secondary N) is 1. The van der Waals surface area contributed by atoms with Gasteiger partial charge in [-0.05, 0) is 35.9 Å². The summed E-state index contributed by atoms with van der Waals surface area (Å²) >= 11 is 9.21. The normalized spacial score (nSPS) is 10.9. The Morgan fingerprint density at radius 3 is 2.66 bits per heavy atom. The SMILES string of the molecule is O=C(NCc1ccccc1)c1csc(CSc2nnc(-c3ccncc3)n2-c2cccc(Cl)c2)n1. The minimum absolute atomic E-state index is 0.191. The first-order valence-corrected chi connectivity index (χ1v) is 12.9. The summed E-state index contributed by atoms with van der Waals surface area (Å²) < 4.78 is 1.97. The Labute approximate surface area is 215 Å². The molecule has 0 unspecified atom stereocenters. The van der Waals surface area contributed by atoms with Gasteiger partial charge in [-0.25, -0.2) is 4.98 Å². The van der Waals surface area contributed by atoms with Gasteiger partial charge in [0.2, 0.25) is 0 Å². The standard InChI is InChI=1S/C25H19ClN6OS2/c26-19-7-4-8-20(13-19)32-23(18-9-11-27-12-10-18)30-31-25(32)35-16-22-29-21(15-34-22)24(33)28-14-17-5-2-1-3-6-17/h1-13,15H,14,16H2,(H,28,33). The highest BCUT2D eigenvalue weighted by atomic mass is 35.5. The van der Waals surface area contributed by atoms with Gasteiger partial charge >= 0.3 is 0 Å². The first-order chi connectivity index (χ1) is 17.2. The molecule has 0 spiro atoms. The van der Waals surface area contributed by atoms with Crippen molar-refractivity contribution >= 4 is 40.6 Å². The van der Waals surface area contributed by atoms with Gasteiger partial charge in [-0.3, -0.25) is 14.3 Å². The molecule has 1 N–H and O–H groups in total. The van der Waals surface area contributed by atoms with Crippen LogP contribution in [0.4, 0.5) is 0 Å². The molecule has 3 heterocycles. The Bertz CT molecular complexity index is 1440. The van der Waals surface area contributed by atoms with Gasteiger partial charge < -0.3 is 5.32 Å². The fourth-order valence-electron chi connectivity index (χ4n) is 3.38. The number of thioether (sulfide) groups is 1. The summed E-state index contributed by atoms with van der Waals surface area (Å²) in [7, 11) is 0. The maximum atomic E-state index is 12.5. The molecule has 174 valence electrons. The zero-order valence-electron chi connectivity index (χ0n) is 18.3. The summed E-state index contributed by atoms with van der Waals surface area (Å²) in [5, 5.41) is 15.7. The lowest BCUT2D eigenvalue weighted by molar-refractivity contribution is 0.0946. The van der Waals surface area contributed by atoms with Gasteiger partial charge in [0.15, 0.2) is 11.0 Å². The van der Waals surface area contributed by atoms with Crippen molar-refractivity contribution in [2.24, 2.45) is 0 Å². The molecule has 10 heteroatoms. The predicted molar refractivity (Wildman–Crippen MR) is 139 cm³/mol. The minimum Gasteiger partial charge on any atom is -0.347 e. The summed E-state index contributed by atoms with van der Waals surface area (Å²) in [4.78, 5) is 21.1. The minimum atomic E-state index is -0.191. The van der Waals surface area contributed by atoms with Gasteiger partial charge in [-0.1, -0.05) is 59.8 Å². The van der Waals surface area contributed by atoms with E-state index >= 15 is 0 Å². The fourth-order valence-corrected chi connectivity index (χ4v) is 5.30. The van der Waals surface area contributed by atoms with Crippen LogP contribution in [0.15, 0.2) is 89.7 Å². The van der Waals surface area contributed by atoms with Gasteiger partial charge in [0.1, 0.15) is 10.7 Å². The maximum absolute atomic E-state index is 12.5. The largest absolute Gasteiger partial charge is 0.347 e. The second kappa shape index (κ2) is 10.8. The molecule has 5 aromatic rings. The first-order valence-electron chi connectivity index (χ1n) is 10.7. The van der Waals surface area contributed by atoms with E-state index in [1.807, 2.05) is 71.3 Å². The molecule has 0 bridgehead atoms. The van der Waals surface area contributed by atoms with Crippen molar-refractivity contribution in [2.75, 3.05) is 0 Å². The zero-order chi connectivity index (χ0) is 24.0. The highest BCUT2D eigenvalue weighted by Gasteiger charge is 2.18. The topological polar surface area (TPSA) is 85.6 Å². The van der Waals surface area contributed by atoms with Crippen LogP contribution in [-0.2, 0) is 12.3 Å². The van der Waals surface area contributed by atoms with E-state index in [1.165, 1.54) is 23.1 Å². The Morgan fingerprint density at radius 1 is 1.03 bits per heavy atom. The smallest absolute Gasteiger partial charge is 0.271 e. The van der Waals surface area contributed by atoms with E-state index in [-0.39, 0.29) is 5.91 Å². The van der Waals surface area contributed by atoms with E-state index in [4.69, 9.17) is 11.6 Å². The van der Waals surface area contributed by atoms with Gasteiger partial charge in [0, 0.05) is 34.9 Å². The number of thiazole rings is 1. The second-order valence-corrected chi connectivity index (χ2v) is 9.76. The molecule has 0 saturated heterocycles. The summed E-state index contributed by atoms with van der Waals surface area (Å²) in [6.07, 6.45) is 3.44. The first kappa shape index (κ1) is 23.2. The lowest BCUT2D eigenvalue weighted by atomic mass is 10.2. The Kier molecular flexibility index (Phi) is 7.17. The van der Waals surface area contributed by atoms with E-state index in [0.717, 1.165) is 21.8 Å². The molecule has 0 atom stereocenters. The van der Waals surface area contributed by atoms with Crippen LogP contribution < -0.4 is 5.32 Å². The van der Waals surface area contributed by atoms with Gasteiger partial charge in [-0.15, -0.1) is 21.5 Å². The van der Waals surface area contributed by atoms with Gasteiger partial charge in [-0.2, -0.15) is 0 Å². The zero-order valence-corrected chi connectivity index (χ0v) is 20.7. The Balaban J connectivity index is 1.33. The number of nitrogens with zero attached hydrogens (tertiary/aromatic N) is 5. The second-order valence-electron chi connectivity index (χ2n) is 7.44. The quantitative estimate of drug-likeness (QED) is 0.267. The molecule has 0 fully saturated rings. The lowest BCUT2D eigenvalue weighted by Gasteiger charge is -2.10. The van der Waals surface area contributed by atoms with Crippen LogP contribution in [-0.4, -0.2) is 30.6 Å². The van der Waals surface area contributed by atoms with Crippen LogP contribution in [0.25, 0.3) is 17.1 Å². The third-order valence-electron chi connectivity index (χ3n) is 5.04. The van der Waals surface area contributed by atoms with Crippen LogP contribution in [0.3, 0.4) is 0 Å². The fraction of sp³-hybridized carbons (Fsp3) is 0.0800. The summed E-state index contributed by atoms with van der Waals surface area (Å²) in [5.41, 5.74) is 3.20. The van der Waals surface area contributed by atoms with E-state index in [9.17, 15) is 4.79 Å². The van der Waals surface area contributed by atoms with Crippen molar-refractivity contribution in [3.63, 3.8) is 0 Å². The van der Waals surface area contributed by atoms with Crippen LogP contribution in [0, 0.1) is 0 Å². The Morgan fingerprint density at radius 2 is 1.86 bits per heavy atom. The Hall–Kier alpha value is -3.53. The number of pyridine rings is 1. The number of amides is 1. The van der Waals surface area contributed by atoms with Crippen LogP contribution in [0.5, 0.6) is 0 Å². The molecule has 1 amide bonds. The van der Waals surface area contributed by atoms with Crippen molar-refractivity contribution in [3.05, 3.63) is 106 Å². The molecule has 2 aromatic carbocycles. The van der Waals surface area contributed by atoms with Crippen LogP contribution in [0.1, 0.15) is 21.1 Å². The predicted octanol–water partition coefficient (Wildman–Crippen LogP) is 5.66.